The molecule has 0 aliphatic carbocycles. The molecular formula is C21H22N4O3. The van der Waals surface area contributed by atoms with Gasteiger partial charge in [-0.2, -0.15) is 5.10 Å². The molecule has 28 heavy (non-hydrogen) atoms. The molecule has 1 aliphatic rings. The van der Waals surface area contributed by atoms with Crippen LogP contribution in [0.1, 0.15) is 11.6 Å². The molecule has 144 valence electrons. The number of H-pyrrole nitrogens is 1. The van der Waals surface area contributed by atoms with E-state index < -0.39 is 6.04 Å². The van der Waals surface area contributed by atoms with Crippen molar-refractivity contribution in [1.82, 2.24) is 15.1 Å². The van der Waals surface area contributed by atoms with Gasteiger partial charge in [-0.3, -0.25) is 10.00 Å². The van der Waals surface area contributed by atoms with Gasteiger partial charge in [0.25, 0.3) is 0 Å². The molecule has 7 heteroatoms. The summed E-state index contributed by atoms with van der Waals surface area (Å²) < 4.78 is 5.27. The zero-order valence-corrected chi connectivity index (χ0v) is 15.6. The second kappa shape index (κ2) is 7.74. The van der Waals surface area contributed by atoms with E-state index in [1.165, 1.54) is 0 Å². The third kappa shape index (κ3) is 3.32. The number of nitrogens with one attached hydrogen (secondary N) is 1. The number of nitrogens with zero attached hydrogens (tertiary/aromatic N) is 3. The van der Waals surface area contributed by atoms with Gasteiger partial charge in [-0.1, -0.05) is 24.3 Å². The number of aliphatic hydroxyl groups is 1. The number of aliphatic hydroxyl groups excluding tert-OH is 1. The van der Waals surface area contributed by atoms with E-state index in [1.54, 1.807) is 23.1 Å². The third-order valence-electron chi connectivity index (χ3n) is 5.08. The zero-order chi connectivity index (χ0) is 19.5. The van der Waals surface area contributed by atoms with Gasteiger partial charge >= 0.3 is 6.03 Å². The average molecular weight is 378 g/mol. The summed E-state index contributed by atoms with van der Waals surface area (Å²) >= 11 is 0. The van der Waals surface area contributed by atoms with Crippen molar-refractivity contribution in [3.05, 3.63) is 66.5 Å². The van der Waals surface area contributed by atoms with Crippen molar-refractivity contribution < 1.29 is 14.6 Å². The van der Waals surface area contributed by atoms with Crippen molar-refractivity contribution in [1.29, 1.82) is 0 Å². The topological polar surface area (TPSA) is 81.7 Å². The molecule has 0 radical (unpaired) electrons. The Morgan fingerprint density at radius 3 is 2.68 bits per heavy atom. The number of rotatable bonds is 6. The normalized spacial score (nSPS) is 15.1. The van der Waals surface area contributed by atoms with E-state index >= 15 is 0 Å². The fraction of sp³-hybridized carbons (Fsp3) is 0.238. The summed E-state index contributed by atoms with van der Waals surface area (Å²) in [5.74, 6) is 0.703. The number of hydrogen-bond donors (Lipinski definition) is 2. The third-order valence-corrected chi connectivity index (χ3v) is 5.08. The van der Waals surface area contributed by atoms with Gasteiger partial charge in [0.15, 0.2) is 0 Å². The van der Waals surface area contributed by atoms with Crippen LogP contribution in [0.25, 0.3) is 11.1 Å². The molecule has 2 heterocycles. The molecule has 1 unspecified atom stereocenters. The summed E-state index contributed by atoms with van der Waals surface area (Å²) in [7, 11) is 1.60. The molecule has 1 fully saturated rings. The smallest absolute Gasteiger partial charge is 0.325 e. The lowest BCUT2D eigenvalue weighted by Crippen LogP contribution is -2.36. The number of aromatic nitrogens is 2. The summed E-state index contributed by atoms with van der Waals surface area (Å²) in [6.45, 7) is 0.973. The van der Waals surface area contributed by atoms with E-state index in [2.05, 4.69) is 10.2 Å². The zero-order valence-electron chi connectivity index (χ0n) is 15.6. The maximum absolute atomic E-state index is 13.0. The van der Waals surface area contributed by atoms with Gasteiger partial charge in [-0.05, 0) is 35.4 Å². The quantitative estimate of drug-likeness (QED) is 0.691. The molecule has 3 aromatic rings. The molecular weight excluding hydrogens is 356 g/mol. The van der Waals surface area contributed by atoms with E-state index in [0.29, 0.717) is 18.8 Å². The fourth-order valence-electron chi connectivity index (χ4n) is 3.56. The second-order valence-corrected chi connectivity index (χ2v) is 6.64. The van der Waals surface area contributed by atoms with Crippen LogP contribution in [-0.4, -0.2) is 53.0 Å². The van der Waals surface area contributed by atoms with E-state index in [1.807, 2.05) is 54.7 Å². The molecule has 2 aromatic carbocycles. The number of carbonyl (C=O) groups is 1. The van der Waals surface area contributed by atoms with E-state index in [9.17, 15) is 9.90 Å². The van der Waals surface area contributed by atoms with Crippen molar-refractivity contribution in [2.24, 2.45) is 0 Å². The van der Waals surface area contributed by atoms with Crippen molar-refractivity contribution in [3.8, 4) is 16.9 Å². The molecule has 2 N–H and O–H groups in total. The first-order valence-electron chi connectivity index (χ1n) is 9.13. The summed E-state index contributed by atoms with van der Waals surface area (Å²) in [6, 6.07) is 14.8. The number of ether oxygens (including phenoxy) is 1. The minimum atomic E-state index is -0.405. The lowest BCUT2D eigenvalue weighted by atomic mass is 10.1. The van der Waals surface area contributed by atoms with E-state index in [0.717, 1.165) is 22.4 Å². The highest BCUT2D eigenvalue weighted by atomic mass is 16.5. The number of amides is 2. The summed E-state index contributed by atoms with van der Waals surface area (Å²) in [6.07, 6.45) is 3.59. The Hall–Kier alpha value is -3.32. The Balaban J connectivity index is 1.53. The van der Waals surface area contributed by atoms with Crippen molar-refractivity contribution in [2.75, 3.05) is 31.7 Å². The minimum Gasteiger partial charge on any atom is -0.497 e. The lowest BCUT2D eigenvalue weighted by Gasteiger charge is -2.27. The van der Waals surface area contributed by atoms with Crippen LogP contribution in [0.5, 0.6) is 5.75 Å². The summed E-state index contributed by atoms with van der Waals surface area (Å²) in [5.41, 5.74) is 3.72. The Labute approximate surface area is 163 Å². The predicted octanol–water partition coefficient (Wildman–Crippen LogP) is 3.06. The molecule has 4 rings (SSSR count). The molecule has 2 amide bonds. The number of anilines is 1. The van der Waals surface area contributed by atoms with Crippen LogP contribution in [0.4, 0.5) is 10.5 Å². The molecule has 1 atom stereocenters. The number of urea groups is 1. The van der Waals surface area contributed by atoms with Crippen molar-refractivity contribution in [3.63, 3.8) is 0 Å². The Bertz CT molecular complexity index is 941. The largest absolute Gasteiger partial charge is 0.497 e. The standard InChI is InChI=1S/C21H22N4O3/c1-28-19-4-2-3-16(11-19)20(14-26)25-10-9-24(21(25)27)18-7-5-15(6-8-18)17-12-22-23-13-17/h2-8,11-13,20,26H,9-10,14H2,1H3,(H,22,23). The van der Waals surface area contributed by atoms with Gasteiger partial charge in [-0.15, -0.1) is 0 Å². The minimum absolute atomic E-state index is 0.113. The molecule has 0 saturated carbocycles. The number of methoxy groups -OCH3 is 1. The Morgan fingerprint density at radius 1 is 1.18 bits per heavy atom. The summed E-state index contributed by atoms with van der Waals surface area (Å²) in [5, 5.41) is 16.7. The maximum Gasteiger partial charge on any atom is 0.325 e. The van der Waals surface area contributed by atoms with Crippen LogP contribution in [-0.2, 0) is 0 Å². The summed E-state index contributed by atoms with van der Waals surface area (Å²) in [4.78, 5) is 16.5. The maximum atomic E-state index is 13.0. The first-order valence-corrected chi connectivity index (χ1v) is 9.13. The second-order valence-electron chi connectivity index (χ2n) is 6.64. The molecule has 0 spiro atoms. The van der Waals surface area contributed by atoms with Crippen LogP contribution < -0.4 is 9.64 Å². The van der Waals surface area contributed by atoms with Gasteiger partial charge in [0.1, 0.15) is 5.75 Å². The van der Waals surface area contributed by atoms with Gasteiger partial charge in [-0.25, -0.2) is 4.79 Å². The highest BCUT2D eigenvalue weighted by Crippen LogP contribution is 2.30. The first kappa shape index (κ1) is 18.1. The van der Waals surface area contributed by atoms with Crippen LogP contribution in [0.15, 0.2) is 60.9 Å². The Kier molecular flexibility index (Phi) is 4.99. The molecule has 7 nitrogen and oxygen atoms in total. The van der Waals surface area contributed by atoms with E-state index in [-0.39, 0.29) is 12.6 Å². The monoisotopic (exact) mass is 378 g/mol. The molecule has 1 saturated heterocycles. The number of aromatic amines is 1. The van der Waals surface area contributed by atoms with Crippen LogP contribution >= 0.6 is 0 Å². The molecule has 0 bridgehead atoms. The van der Waals surface area contributed by atoms with E-state index in [4.69, 9.17) is 4.74 Å². The number of carbonyl (C=O) groups excluding carboxylic acids is 1. The molecule has 1 aromatic heterocycles. The van der Waals surface area contributed by atoms with Crippen molar-refractivity contribution in [2.45, 2.75) is 6.04 Å². The lowest BCUT2D eigenvalue weighted by molar-refractivity contribution is 0.153. The van der Waals surface area contributed by atoms with Crippen LogP contribution in [0, 0.1) is 0 Å². The van der Waals surface area contributed by atoms with Crippen LogP contribution in [0.3, 0.4) is 0 Å². The number of hydrogen-bond acceptors (Lipinski definition) is 4. The van der Waals surface area contributed by atoms with Gasteiger partial charge in [0.05, 0.1) is 26.0 Å². The molecule has 1 aliphatic heterocycles. The Morgan fingerprint density at radius 2 is 2.00 bits per heavy atom. The van der Waals surface area contributed by atoms with Gasteiger partial charge < -0.3 is 14.7 Å². The van der Waals surface area contributed by atoms with Crippen LogP contribution in [0.2, 0.25) is 0 Å². The first-order chi connectivity index (χ1) is 13.7. The highest BCUT2D eigenvalue weighted by molar-refractivity contribution is 5.94. The van der Waals surface area contributed by atoms with Gasteiger partial charge in [0.2, 0.25) is 0 Å². The highest BCUT2D eigenvalue weighted by Gasteiger charge is 2.35. The number of benzene rings is 2. The SMILES string of the molecule is COc1cccc(C(CO)N2CCN(c3ccc(-c4cn[nH]c4)cc3)C2=O)c1. The predicted molar refractivity (Wildman–Crippen MR) is 106 cm³/mol. The van der Waals surface area contributed by atoms with Crippen molar-refractivity contribution >= 4 is 11.7 Å². The fourth-order valence-corrected chi connectivity index (χ4v) is 3.56. The van der Waals surface area contributed by atoms with Gasteiger partial charge in [0, 0.05) is 30.5 Å². The average Bonchev–Trinajstić information content (AvgIpc) is 3.40.